The largest absolute Gasteiger partial charge is 0.357 e. The second-order valence-electron chi connectivity index (χ2n) is 7.97. The lowest BCUT2D eigenvalue weighted by Crippen LogP contribution is -2.30. The summed E-state index contributed by atoms with van der Waals surface area (Å²) in [5.41, 5.74) is 5.88. The smallest absolute Gasteiger partial charge is 0.323 e. The molecule has 1 saturated heterocycles. The highest BCUT2D eigenvalue weighted by Gasteiger charge is 2.14. The molecule has 150 valence electrons. The van der Waals surface area contributed by atoms with Crippen molar-refractivity contribution in [1.82, 2.24) is 4.98 Å². The predicted octanol–water partition coefficient (Wildman–Crippen LogP) is 5.79. The number of fused-ring (bicyclic) bond motifs is 1. The number of rotatable bonds is 3. The van der Waals surface area contributed by atoms with E-state index in [0.717, 1.165) is 52.3 Å². The third kappa shape index (κ3) is 4.34. The molecule has 3 aromatic rings. The summed E-state index contributed by atoms with van der Waals surface area (Å²) in [6.45, 7) is 8.27. The molecule has 0 unspecified atom stereocenters. The van der Waals surface area contributed by atoms with Gasteiger partial charge in [0.15, 0.2) is 0 Å². The van der Waals surface area contributed by atoms with Gasteiger partial charge in [0.2, 0.25) is 0 Å². The van der Waals surface area contributed by atoms with E-state index in [4.69, 9.17) is 4.98 Å². The van der Waals surface area contributed by atoms with E-state index >= 15 is 0 Å². The van der Waals surface area contributed by atoms with Crippen LogP contribution in [0.1, 0.15) is 36.0 Å². The third-order valence-corrected chi connectivity index (χ3v) is 5.58. The van der Waals surface area contributed by atoms with Crippen LogP contribution in [0, 0.1) is 20.8 Å². The van der Waals surface area contributed by atoms with E-state index in [9.17, 15) is 4.79 Å². The van der Waals surface area contributed by atoms with Crippen molar-refractivity contribution in [3.63, 3.8) is 0 Å². The number of nitrogens with one attached hydrogen (secondary N) is 2. The van der Waals surface area contributed by atoms with Gasteiger partial charge in [-0.05, 0) is 87.1 Å². The average Bonchev–Trinajstić information content (AvgIpc) is 2.71. The Labute approximate surface area is 172 Å². The van der Waals surface area contributed by atoms with Gasteiger partial charge in [0.05, 0.1) is 5.52 Å². The van der Waals surface area contributed by atoms with Crippen molar-refractivity contribution >= 4 is 34.1 Å². The minimum atomic E-state index is -0.242. The zero-order chi connectivity index (χ0) is 20.4. The Balaban J connectivity index is 1.53. The van der Waals surface area contributed by atoms with Crippen LogP contribution in [0.25, 0.3) is 10.9 Å². The number of aromatic nitrogens is 1. The maximum absolute atomic E-state index is 12.5. The quantitative estimate of drug-likeness (QED) is 0.597. The van der Waals surface area contributed by atoms with Crippen LogP contribution in [0.2, 0.25) is 0 Å². The van der Waals surface area contributed by atoms with Gasteiger partial charge < -0.3 is 15.5 Å². The van der Waals surface area contributed by atoms with Crippen LogP contribution in [-0.4, -0.2) is 24.1 Å². The van der Waals surface area contributed by atoms with Gasteiger partial charge >= 0.3 is 6.03 Å². The first kappa shape index (κ1) is 19.2. The van der Waals surface area contributed by atoms with Crippen molar-refractivity contribution in [2.24, 2.45) is 0 Å². The highest BCUT2D eigenvalue weighted by molar-refractivity contribution is 6.01. The fourth-order valence-electron chi connectivity index (χ4n) is 3.89. The molecule has 0 saturated carbocycles. The van der Waals surface area contributed by atoms with E-state index in [1.165, 1.54) is 24.8 Å². The number of nitrogens with zero attached hydrogens (tertiary/aromatic N) is 2. The van der Waals surface area contributed by atoms with Crippen LogP contribution in [0.15, 0.2) is 42.5 Å². The minimum Gasteiger partial charge on any atom is -0.357 e. The average molecular weight is 389 g/mol. The van der Waals surface area contributed by atoms with Gasteiger partial charge in [-0.15, -0.1) is 0 Å². The maximum Gasteiger partial charge on any atom is 0.323 e. The molecule has 4 rings (SSSR count). The summed E-state index contributed by atoms with van der Waals surface area (Å²) in [7, 11) is 0. The molecule has 1 aliphatic heterocycles. The standard InChI is InChI=1S/C24H28N4O/c1-16-7-8-17(2)22(13-16)27-24(29)25-19-9-10-21-20(15-19)18(3)14-23(26-21)28-11-5-4-6-12-28/h7-10,13-15H,4-6,11-12H2,1-3H3,(H2,25,27,29). The summed E-state index contributed by atoms with van der Waals surface area (Å²) in [6, 6.07) is 13.8. The van der Waals surface area contributed by atoms with Gasteiger partial charge in [-0.2, -0.15) is 0 Å². The van der Waals surface area contributed by atoms with Crippen LogP contribution in [0.4, 0.5) is 22.0 Å². The van der Waals surface area contributed by atoms with Gasteiger partial charge in [0.1, 0.15) is 5.82 Å². The Kier molecular flexibility index (Phi) is 5.38. The van der Waals surface area contributed by atoms with Gasteiger partial charge in [-0.25, -0.2) is 9.78 Å². The van der Waals surface area contributed by atoms with E-state index < -0.39 is 0 Å². The van der Waals surface area contributed by atoms with E-state index in [-0.39, 0.29) is 6.03 Å². The van der Waals surface area contributed by atoms with Crippen LogP contribution in [0.3, 0.4) is 0 Å². The fourth-order valence-corrected chi connectivity index (χ4v) is 3.89. The van der Waals surface area contributed by atoms with E-state index in [1.807, 2.05) is 50.2 Å². The molecule has 2 N–H and O–H groups in total. The number of benzene rings is 2. The number of carbonyl (C=O) groups excluding carboxylic acids is 1. The highest BCUT2D eigenvalue weighted by atomic mass is 16.2. The highest BCUT2D eigenvalue weighted by Crippen LogP contribution is 2.27. The molecule has 1 fully saturated rings. The molecule has 5 nitrogen and oxygen atoms in total. The van der Waals surface area contributed by atoms with Crippen molar-refractivity contribution < 1.29 is 4.79 Å². The summed E-state index contributed by atoms with van der Waals surface area (Å²) in [5, 5.41) is 6.95. The number of anilines is 3. The zero-order valence-electron chi connectivity index (χ0n) is 17.4. The van der Waals surface area contributed by atoms with Gasteiger partial charge in [-0.1, -0.05) is 12.1 Å². The molecule has 0 spiro atoms. The minimum absolute atomic E-state index is 0.242. The fraction of sp³-hybridized carbons (Fsp3) is 0.333. The molecular formula is C24H28N4O. The molecule has 29 heavy (non-hydrogen) atoms. The normalized spacial score (nSPS) is 14.1. The van der Waals surface area contributed by atoms with Crippen molar-refractivity contribution in [2.45, 2.75) is 40.0 Å². The molecular weight excluding hydrogens is 360 g/mol. The summed E-state index contributed by atoms with van der Waals surface area (Å²) < 4.78 is 0. The number of hydrogen-bond donors (Lipinski definition) is 2. The number of pyridine rings is 1. The van der Waals surface area contributed by atoms with Gasteiger partial charge in [0, 0.05) is 29.9 Å². The van der Waals surface area contributed by atoms with Crippen LogP contribution >= 0.6 is 0 Å². The Morgan fingerprint density at radius 2 is 1.69 bits per heavy atom. The van der Waals surface area contributed by atoms with E-state index in [2.05, 4.69) is 28.5 Å². The molecule has 2 heterocycles. The number of aryl methyl sites for hydroxylation is 3. The van der Waals surface area contributed by atoms with Gasteiger partial charge in [-0.3, -0.25) is 0 Å². The lowest BCUT2D eigenvalue weighted by molar-refractivity contribution is 0.262. The number of carbonyl (C=O) groups is 1. The van der Waals surface area contributed by atoms with Crippen molar-refractivity contribution in [1.29, 1.82) is 0 Å². The summed E-state index contributed by atoms with van der Waals surface area (Å²) in [5.74, 6) is 1.06. The van der Waals surface area contributed by atoms with E-state index in [1.54, 1.807) is 0 Å². The number of hydrogen-bond acceptors (Lipinski definition) is 3. The Morgan fingerprint density at radius 1 is 0.897 bits per heavy atom. The monoisotopic (exact) mass is 388 g/mol. The molecule has 1 aromatic heterocycles. The first-order chi connectivity index (χ1) is 14.0. The second-order valence-corrected chi connectivity index (χ2v) is 7.97. The summed E-state index contributed by atoms with van der Waals surface area (Å²) in [4.78, 5) is 19.7. The number of piperidine rings is 1. The number of urea groups is 1. The molecule has 0 atom stereocenters. The SMILES string of the molecule is Cc1ccc(C)c(NC(=O)Nc2ccc3nc(N4CCCCC4)cc(C)c3c2)c1. The zero-order valence-corrected chi connectivity index (χ0v) is 17.4. The Hall–Kier alpha value is -3.08. The Morgan fingerprint density at radius 3 is 2.48 bits per heavy atom. The maximum atomic E-state index is 12.5. The second kappa shape index (κ2) is 8.11. The Bertz CT molecular complexity index is 1050. The van der Waals surface area contributed by atoms with Crippen LogP contribution < -0.4 is 15.5 Å². The predicted molar refractivity (Wildman–Crippen MR) is 121 cm³/mol. The molecule has 0 aliphatic carbocycles. The lowest BCUT2D eigenvalue weighted by atomic mass is 10.1. The molecule has 1 aliphatic rings. The lowest BCUT2D eigenvalue weighted by Gasteiger charge is -2.28. The number of amides is 2. The van der Waals surface area contributed by atoms with Crippen molar-refractivity contribution in [3.8, 4) is 0 Å². The summed E-state index contributed by atoms with van der Waals surface area (Å²) >= 11 is 0. The summed E-state index contributed by atoms with van der Waals surface area (Å²) in [6.07, 6.45) is 3.77. The van der Waals surface area contributed by atoms with Crippen LogP contribution in [0.5, 0.6) is 0 Å². The van der Waals surface area contributed by atoms with Crippen LogP contribution in [-0.2, 0) is 0 Å². The molecule has 2 aromatic carbocycles. The topological polar surface area (TPSA) is 57.3 Å². The molecule has 0 radical (unpaired) electrons. The third-order valence-electron chi connectivity index (χ3n) is 5.58. The molecule has 5 heteroatoms. The van der Waals surface area contributed by atoms with Crippen molar-refractivity contribution in [3.05, 3.63) is 59.2 Å². The molecule has 2 amide bonds. The first-order valence-corrected chi connectivity index (χ1v) is 10.3. The van der Waals surface area contributed by atoms with E-state index in [0.29, 0.717) is 0 Å². The molecule has 0 bridgehead atoms. The first-order valence-electron chi connectivity index (χ1n) is 10.3. The van der Waals surface area contributed by atoms with Gasteiger partial charge in [0.25, 0.3) is 0 Å². The van der Waals surface area contributed by atoms with Crippen molar-refractivity contribution in [2.75, 3.05) is 28.6 Å².